The van der Waals surface area contributed by atoms with Crippen LogP contribution in [0, 0.1) is 6.92 Å². The average Bonchev–Trinajstić information content (AvgIpc) is 2.32. The van der Waals surface area contributed by atoms with Gasteiger partial charge >= 0.3 is 0 Å². The maximum atomic E-state index is 11.9. The summed E-state index contributed by atoms with van der Waals surface area (Å²) in [7, 11) is 0. The van der Waals surface area contributed by atoms with Gasteiger partial charge in [-0.2, -0.15) is 0 Å². The number of hydrogen-bond acceptors (Lipinski definition) is 1. The monoisotopic (exact) mass is 289 g/mol. The number of carbonyl (C=O) groups excluding carboxylic acids is 1. The van der Waals surface area contributed by atoms with Gasteiger partial charge in [0.15, 0.2) is 0 Å². The minimum atomic E-state index is -0.102. The molecule has 1 N–H and O–H groups in total. The van der Waals surface area contributed by atoms with Crippen LogP contribution < -0.4 is 5.32 Å². The Morgan fingerprint density at radius 1 is 1.12 bits per heavy atom. The number of halogens is 1. The van der Waals surface area contributed by atoms with Crippen LogP contribution in [0.15, 0.2) is 53.0 Å². The van der Waals surface area contributed by atoms with E-state index in [1.54, 1.807) is 12.1 Å². The first-order chi connectivity index (χ1) is 8.15. The van der Waals surface area contributed by atoms with Crippen LogP contribution in [0.2, 0.25) is 0 Å². The quantitative estimate of drug-likeness (QED) is 0.889. The highest BCUT2D eigenvalue weighted by atomic mass is 79.9. The summed E-state index contributed by atoms with van der Waals surface area (Å²) in [6.07, 6.45) is 0. The van der Waals surface area contributed by atoms with E-state index < -0.39 is 0 Å². The highest BCUT2D eigenvalue weighted by Gasteiger charge is 2.05. The van der Waals surface area contributed by atoms with Crippen LogP contribution in [-0.2, 0) is 0 Å². The van der Waals surface area contributed by atoms with Crippen molar-refractivity contribution in [3.8, 4) is 0 Å². The third kappa shape index (κ3) is 3.17. The van der Waals surface area contributed by atoms with Crippen molar-refractivity contribution in [1.29, 1.82) is 0 Å². The Morgan fingerprint density at radius 2 is 1.82 bits per heavy atom. The molecule has 0 saturated heterocycles. The van der Waals surface area contributed by atoms with Gasteiger partial charge < -0.3 is 5.32 Å². The number of carbonyl (C=O) groups is 1. The van der Waals surface area contributed by atoms with Crippen LogP contribution in [0.4, 0.5) is 5.69 Å². The summed E-state index contributed by atoms with van der Waals surface area (Å²) in [5.41, 5.74) is 2.62. The number of anilines is 1. The van der Waals surface area contributed by atoms with Crippen LogP contribution in [0.25, 0.3) is 0 Å². The molecule has 17 heavy (non-hydrogen) atoms. The van der Waals surface area contributed by atoms with Gasteiger partial charge in [-0.25, -0.2) is 0 Å². The molecule has 1 amide bonds. The number of aryl methyl sites for hydroxylation is 1. The van der Waals surface area contributed by atoms with Crippen LogP contribution >= 0.6 is 15.9 Å². The maximum absolute atomic E-state index is 11.9. The summed E-state index contributed by atoms with van der Waals surface area (Å²) in [5, 5.41) is 2.85. The van der Waals surface area contributed by atoms with Crippen molar-refractivity contribution in [2.75, 3.05) is 5.32 Å². The van der Waals surface area contributed by atoms with Crippen molar-refractivity contribution >= 4 is 27.5 Å². The van der Waals surface area contributed by atoms with E-state index in [-0.39, 0.29) is 5.91 Å². The second kappa shape index (κ2) is 5.15. The van der Waals surface area contributed by atoms with Crippen molar-refractivity contribution in [3.05, 3.63) is 64.1 Å². The van der Waals surface area contributed by atoms with Crippen molar-refractivity contribution < 1.29 is 4.79 Å². The van der Waals surface area contributed by atoms with Crippen LogP contribution in [0.5, 0.6) is 0 Å². The van der Waals surface area contributed by atoms with Crippen molar-refractivity contribution in [1.82, 2.24) is 0 Å². The summed E-state index contributed by atoms with van der Waals surface area (Å²) in [6.45, 7) is 2.01. The van der Waals surface area contributed by atoms with Gasteiger partial charge in [0.1, 0.15) is 0 Å². The number of amides is 1. The van der Waals surface area contributed by atoms with E-state index >= 15 is 0 Å². The Labute approximate surface area is 109 Å². The highest BCUT2D eigenvalue weighted by Crippen LogP contribution is 2.14. The van der Waals surface area contributed by atoms with E-state index in [4.69, 9.17) is 0 Å². The molecule has 3 heteroatoms. The van der Waals surface area contributed by atoms with E-state index in [0.29, 0.717) is 5.56 Å². The first-order valence-corrected chi connectivity index (χ1v) is 6.08. The summed E-state index contributed by atoms with van der Waals surface area (Å²) in [5.74, 6) is -0.102. The first kappa shape index (κ1) is 11.9. The van der Waals surface area contributed by atoms with E-state index in [1.165, 1.54) is 5.56 Å². The molecule has 0 aromatic heterocycles. The average molecular weight is 290 g/mol. The topological polar surface area (TPSA) is 29.1 Å². The smallest absolute Gasteiger partial charge is 0.255 e. The molecular formula is C14H12BrNO. The highest BCUT2D eigenvalue weighted by molar-refractivity contribution is 9.10. The summed E-state index contributed by atoms with van der Waals surface area (Å²) in [6, 6.07) is 15.0. The number of hydrogen-bond donors (Lipinski definition) is 1. The molecule has 0 aliphatic heterocycles. The fraction of sp³-hybridized carbons (Fsp3) is 0.0714. The maximum Gasteiger partial charge on any atom is 0.255 e. The Morgan fingerprint density at radius 3 is 2.47 bits per heavy atom. The zero-order valence-electron chi connectivity index (χ0n) is 9.41. The number of rotatable bonds is 2. The Hall–Kier alpha value is -1.61. The molecule has 0 unspecified atom stereocenters. The van der Waals surface area contributed by atoms with Crippen molar-refractivity contribution in [2.24, 2.45) is 0 Å². The van der Waals surface area contributed by atoms with Crippen molar-refractivity contribution in [3.63, 3.8) is 0 Å². The summed E-state index contributed by atoms with van der Waals surface area (Å²) >= 11 is 3.35. The Bertz CT molecular complexity index is 534. The number of benzene rings is 2. The molecular weight excluding hydrogens is 278 g/mol. The lowest BCUT2D eigenvalue weighted by Gasteiger charge is -2.05. The van der Waals surface area contributed by atoms with Gasteiger partial charge in [0.05, 0.1) is 0 Å². The SMILES string of the molecule is Cc1ccc(NC(=O)c2cccc(Br)c2)cc1. The molecule has 0 bridgehead atoms. The van der Waals surface area contributed by atoms with E-state index in [9.17, 15) is 4.79 Å². The molecule has 2 nitrogen and oxygen atoms in total. The Balaban J connectivity index is 2.14. The standard InChI is InChI=1S/C14H12BrNO/c1-10-5-7-13(8-6-10)16-14(17)11-3-2-4-12(15)9-11/h2-9H,1H3,(H,16,17). The van der Waals surface area contributed by atoms with Gasteiger partial charge in [-0.3, -0.25) is 4.79 Å². The number of nitrogens with one attached hydrogen (secondary N) is 1. The van der Waals surface area contributed by atoms with E-state index in [0.717, 1.165) is 10.2 Å². The molecule has 0 heterocycles. The second-order valence-corrected chi connectivity index (χ2v) is 4.75. The molecule has 0 spiro atoms. The molecule has 2 aromatic carbocycles. The molecule has 0 radical (unpaired) electrons. The fourth-order valence-electron chi connectivity index (χ4n) is 1.47. The molecule has 2 aromatic rings. The molecule has 2 rings (SSSR count). The molecule has 0 aliphatic carbocycles. The van der Waals surface area contributed by atoms with E-state index in [1.807, 2.05) is 43.3 Å². The van der Waals surface area contributed by atoms with Gasteiger partial charge in [-0.05, 0) is 37.3 Å². The van der Waals surface area contributed by atoms with Crippen molar-refractivity contribution in [2.45, 2.75) is 6.92 Å². The van der Waals surface area contributed by atoms with Crippen LogP contribution in [0.3, 0.4) is 0 Å². The largest absolute Gasteiger partial charge is 0.322 e. The predicted molar refractivity (Wildman–Crippen MR) is 73.3 cm³/mol. The van der Waals surface area contributed by atoms with Gasteiger partial charge in [-0.1, -0.05) is 39.7 Å². The van der Waals surface area contributed by atoms with Gasteiger partial charge in [0.25, 0.3) is 5.91 Å². The molecule has 0 atom stereocenters. The van der Waals surface area contributed by atoms with E-state index in [2.05, 4.69) is 21.2 Å². The van der Waals surface area contributed by atoms with Gasteiger partial charge in [0, 0.05) is 15.7 Å². The van der Waals surface area contributed by atoms with Gasteiger partial charge in [0.2, 0.25) is 0 Å². The minimum absolute atomic E-state index is 0.102. The zero-order chi connectivity index (χ0) is 12.3. The molecule has 0 fully saturated rings. The third-order valence-electron chi connectivity index (χ3n) is 2.40. The fourth-order valence-corrected chi connectivity index (χ4v) is 1.87. The predicted octanol–water partition coefficient (Wildman–Crippen LogP) is 4.01. The molecule has 0 aliphatic rings. The summed E-state index contributed by atoms with van der Waals surface area (Å²) < 4.78 is 0.897. The second-order valence-electron chi connectivity index (χ2n) is 3.83. The lowest BCUT2D eigenvalue weighted by atomic mass is 10.2. The first-order valence-electron chi connectivity index (χ1n) is 5.29. The minimum Gasteiger partial charge on any atom is -0.322 e. The normalized spacial score (nSPS) is 10.0. The Kier molecular flexibility index (Phi) is 3.59. The lowest BCUT2D eigenvalue weighted by Crippen LogP contribution is -2.11. The summed E-state index contributed by atoms with van der Waals surface area (Å²) in [4.78, 5) is 11.9. The molecule has 0 saturated carbocycles. The van der Waals surface area contributed by atoms with Gasteiger partial charge in [-0.15, -0.1) is 0 Å². The molecule has 86 valence electrons. The zero-order valence-corrected chi connectivity index (χ0v) is 11.0. The lowest BCUT2D eigenvalue weighted by molar-refractivity contribution is 0.102. The van der Waals surface area contributed by atoms with Crippen LogP contribution in [-0.4, -0.2) is 5.91 Å². The van der Waals surface area contributed by atoms with Crippen LogP contribution in [0.1, 0.15) is 15.9 Å². The third-order valence-corrected chi connectivity index (χ3v) is 2.89.